The third-order valence-electron chi connectivity index (χ3n) is 4.95. The fraction of sp³-hybridized carbons (Fsp3) is 0.381. The lowest BCUT2D eigenvalue weighted by atomic mass is 9.94. The Morgan fingerprint density at radius 1 is 1.11 bits per heavy atom. The Hall–Kier alpha value is -2.25. The monoisotopic (exact) mass is 404 g/mol. The van der Waals surface area contributed by atoms with Gasteiger partial charge in [-0.05, 0) is 42.0 Å². The van der Waals surface area contributed by atoms with Gasteiger partial charge in [0.15, 0.2) is 0 Å². The molecule has 0 saturated carbocycles. The van der Waals surface area contributed by atoms with Gasteiger partial charge in [0.25, 0.3) is 5.91 Å². The second-order valence-electron chi connectivity index (χ2n) is 7.58. The van der Waals surface area contributed by atoms with E-state index < -0.39 is 21.7 Å². The van der Waals surface area contributed by atoms with Crippen molar-refractivity contribution in [1.82, 2.24) is 9.62 Å². The molecule has 28 heavy (non-hydrogen) atoms. The SMILES string of the molecule is CC1CC(C)CN(S(=O)(=O)c2ccc(F)c(C(=O)NCc3ccccc3)c2)C1. The Labute approximate surface area is 165 Å². The lowest BCUT2D eigenvalue weighted by molar-refractivity contribution is 0.0946. The summed E-state index contributed by atoms with van der Waals surface area (Å²) in [5.41, 5.74) is 0.603. The molecule has 1 fully saturated rings. The van der Waals surface area contributed by atoms with Gasteiger partial charge in [-0.2, -0.15) is 4.31 Å². The Bertz CT molecular complexity index is 937. The first kappa shape index (κ1) is 20.5. The zero-order chi connectivity index (χ0) is 20.3. The zero-order valence-electron chi connectivity index (χ0n) is 16.1. The van der Waals surface area contributed by atoms with Crippen LogP contribution in [0.4, 0.5) is 4.39 Å². The van der Waals surface area contributed by atoms with Crippen molar-refractivity contribution in [3.05, 3.63) is 65.5 Å². The highest BCUT2D eigenvalue weighted by molar-refractivity contribution is 7.89. The molecule has 2 atom stereocenters. The van der Waals surface area contributed by atoms with Crippen LogP contribution in [0.2, 0.25) is 0 Å². The molecule has 3 rings (SSSR count). The molecule has 0 aromatic heterocycles. The summed E-state index contributed by atoms with van der Waals surface area (Å²) in [4.78, 5) is 12.4. The van der Waals surface area contributed by atoms with Crippen LogP contribution in [0.3, 0.4) is 0 Å². The number of piperidine rings is 1. The first-order chi connectivity index (χ1) is 13.3. The second-order valence-corrected chi connectivity index (χ2v) is 9.52. The van der Waals surface area contributed by atoms with Gasteiger partial charge >= 0.3 is 0 Å². The summed E-state index contributed by atoms with van der Waals surface area (Å²) in [6, 6.07) is 12.6. The van der Waals surface area contributed by atoms with E-state index in [-0.39, 0.29) is 28.8 Å². The quantitative estimate of drug-likeness (QED) is 0.830. The van der Waals surface area contributed by atoms with E-state index in [0.29, 0.717) is 13.1 Å². The molecule has 0 radical (unpaired) electrons. The molecule has 0 aliphatic carbocycles. The highest BCUT2D eigenvalue weighted by Crippen LogP contribution is 2.27. The predicted molar refractivity (Wildman–Crippen MR) is 106 cm³/mol. The number of benzene rings is 2. The van der Waals surface area contributed by atoms with Gasteiger partial charge in [-0.3, -0.25) is 4.79 Å². The molecule has 1 aliphatic rings. The molecule has 0 spiro atoms. The average molecular weight is 405 g/mol. The number of hydrogen-bond acceptors (Lipinski definition) is 3. The molecule has 2 aromatic carbocycles. The van der Waals surface area contributed by atoms with Crippen LogP contribution in [0, 0.1) is 17.7 Å². The van der Waals surface area contributed by atoms with Gasteiger partial charge in [0.05, 0.1) is 10.5 Å². The van der Waals surface area contributed by atoms with Crippen LogP contribution in [0.5, 0.6) is 0 Å². The lowest BCUT2D eigenvalue weighted by Gasteiger charge is -2.34. The Balaban J connectivity index is 1.81. The van der Waals surface area contributed by atoms with Gasteiger partial charge in [-0.25, -0.2) is 12.8 Å². The van der Waals surface area contributed by atoms with Crippen LogP contribution in [-0.2, 0) is 16.6 Å². The molecule has 1 aliphatic heterocycles. The summed E-state index contributed by atoms with van der Waals surface area (Å²) < 4.78 is 41.7. The number of carbonyl (C=O) groups is 1. The maximum absolute atomic E-state index is 14.2. The largest absolute Gasteiger partial charge is 0.348 e. The smallest absolute Gasteiger partial charge is 0.254 e. The predicted octanol–water partition coefficient (Wildman–Crippen LogP) is 3.42. The molecule has 7 heteroatoms. The number of nitrogens with one attached hydrogen (secondary N) is 1. The molecule has 5 nitrogen and oxygen atoms in total. The van der Waals surface area contributed by atoms with Crippen molar-refractivity contribution in [3.63, 3.8) is 0 Å². The number of amides is 1. The number of nitrogens with zero attached hydrogens (tertiary/aromatic N) is 1. The maximum atomic E-state index is 14.2. The van der Waals surface area contributed by atoms with E-state index >= 15 is 0 Å². The Morgan fingerprint density at radius 2 is 1.75 bits per heavy atom. The van der Waals surface area contributed by atoms with Crippen molar-refractivity contribution in [2.45, 2.75) is 31.7 Å². The van der Waals surface area contributed by atoms with Crippen LogP contribution < -0.4 is 5.32 Å². The second kappa shape index (κ2) is 8.41. The van der Waals surface area contributed by atoms with E-state index in [9.17, 15) is 17.6 Å². The molecule has 1 saturated heterocycles. The minimum atomic E-state index is -3.78. The maximum Gasteiger partial charge on any atom is 0.254 e. The standard InChI is InChI=1S/C21H25FN2O3S/c1-15-10-16(2)14-24(13-15)28(26,27)18-8-9-20(22)19(11-18)21(25)23-12-17-6-4-3-5-7-17/h3-9,11,15-16H,10,12-14H2,1-2H3,(H,23,25). The first-order valence-corrected chi connectivity index (χ1v) is 10.8. The highest BCUT2D eigenvalue weighted by Gasteiger charge is 2.32. The first-order valence-electron chi connectivity index (χ1n) is 9.39. The van der Waals surface area contributed by atoms with Crippen molar-refractivity contribution in [3.8, 4) is 0 Å². The van der Waals surface area contributed by atoms with Crippen LogP contribution in [0.25, 0.3) is 0 Å². The highest BCUT2D eigenvalue weighted by atomic mass is 32.2. The van der Waals surface area contributed by atoms with Gasteiger partial charge in [0.2, 0.25) is 10.0 Å². The molecular formula is C21H25FN2O3S. The fourth-order valence-corrected chi connectivity index (χ4v) is 5.37. The van der Waals surface area contributed by atoms with E-state index in [2.05, 4.69) is 5.32 Å². The van der Waals surface area contributed by atoms with Crippen molar-refractivity contribution < 1.29 is 17.6 Å². The number of carbonyl (C=O) groups excluding carboxylic acids is 1. The van der Waals surface area contributed by atoms with E-state index in [1.165, 1.54) is 10.4 Å². The third-order valence-corrected chi connectivity index (χ3v) is 6.78. The summed E-state index contributed by atoms with van der Waals surface area (Å²) in [7, 11) is -3.78. The van der Waals surface area contributed by atoms with Crippen molar-refractivity contribution >= 4 is 15.9 Å². The van der Waals surface area contributed by atoms with Crippen molar-refractivity contribution in [2.75, 3.05) is 13.1 Å². The summed E-state index contributed by atoms with van der Waals surface area (Å²) >= 11 is 0. The lowest BCUT2D eigenvalue weighted by Crippen LogP contribution is -2.42. The topological polar surface area (TPSA) is 66.5 Å². The zero-order valence-corrected chi connectivity index (χ0v) is 16.9. The molecule has 150 valence electrons. The summed E-state index contributed by atoms with van der Waals surface area (Å²) in [6.45, 7) is 5.13. The van der Waals surface area contributed by atoms with E-state index in [1.807, 2.05) is 44.2 Å². The minimum absolute atomic E-state index is 0.0555. The van der Waals surface area contributed by atoms with Crippen LogP contribution in [0.1, 0.15) is 36.2 Å². The van der Waals surface area contributed by atoms with Crippen LogP contribution in [0.15, 0.2) is 53.4 Å². The summed E-state index contributed by atoms with van der Waals surface area (Å²) in [6.07, 6.45) is 0.975. The van der Waals surface area contributed by atoms with Gasteiger partial charge in [-0.15, -0.1) is 0 Å². The molecule has 2 unspecified atom stereocenters. The van der Waals surface area contributed by atoms with Gasteiger partial charge < -0.3 is 5.32 Å². The molecule has 2 aromatic rings. The average Bonchev–Trinajstić information content (AvgIpc) is 2.66. The van der Waals surface area contributed by atoms with Gasteiger partial charge in [0, 0.05) is 19.6 Å². The molecule has 1 N–H and O–H groups in total. The fourth-order valence-electron chi connectivity index (χ4n) is 3.66. The number of sulfonamides is 1. The number of halogens is 1. The molecule has 1 heterocycles. The van der Waals surface area contributed by atoms with E-state index in [1.54, 1.807) is 0 Å². The number of rotatable bonds is 5. The summed E-state index contributed by atoms with van der Waals surface area (Å²) in [5.74, 6) is -0.871. The summed E-state index contributed by atoms with van der Waals surface area (Å²) in [5, 5.41) is 2.64. The van der Waals surface area contributed by atoms with Crippen molar-refractivity contribution in [1.29, 1.82) is 0 Å². The Kier molecular flexibility index (Phi) is 6.15. The van der Waals surface area contributed by atoms with Crippen molar-refractivity contribution in [2.24, 2.45) is 11.8 Å². The molecule has 0 bridgehead atoms. The van der Waals surface area contributed by atoms with E-state index in [4.69, 9.17) is 0 Å². The van der Waals surface area contributed by atoms with Crippen LogP contribution >= 0.6 is 0 Å². The van der Waals surface area contributed by atoms with Crippen LogP contribution in [-0.4, -0.2) is 31.7 Å². The van der Waals surface area contributed by atoms with E-state index in [0.717, 1.165) is 24.1 Å². The molecular weight excluding hydrogens is 379 g/mol. The van der Waals surface area contributed by atoms with Gasteiger partial charge in [-0.1, -0.05) is 44.2 Å². The normalized spacial score (nSPS) is 20.7. The minimum Gasteiger partial charge on any atom is -0.348 e. The third kappa shape index (κ3) is 4.59. The van der Waals surface area contributed by atoms with Gasteiger partial charge in [0.1, 0.15) is 5.82 Å². The molecule has 1 amide bonds. The Morgan fingerprint density at radius 3 is 2.39 bits per heavy atom. The number of hydrogen-bond donors (Lipinski definition) is 1.